The molecular formula is C26H29ClF2NOSi. The van der Waals surface area contributed by atoms with Crippen molar-refractivity contribution in [1.82, 2.24) is 4.98 Å². The fourth-order valence-electron chi connectivity index (χ4n) is 4.07. The molecule has 2 nitrogen and oxygen atoms in total. The summed E-state index contributed by atoms with van der Waals surface area (Å²) in [5, 5.41) is -0.114. The summed E-state index contributed by atoms with van der Waals surface area (Å²) in [4.78, 5) is 4.68. The molecule has 0 fully saturated rings. The lowest BCUT2D eigenvalue weighted by molar-refractivity contribution is 0.150. The lowest BCUT2D eigenvalue weighted by Gasteiger charge is -2.36. The highest BCUT2D eigenvalue weighted by molar-refractivity contribution is 6.77. The molecular weight excluding hydrogens is 444 g/mol. The Balaban J connectivity index is 2.02. The SMILES string of the molecule is [CH2]COCC(C(Cc1ccccc1)c1ccc(-c2c(F)ccc(Cl)c2F)cn1)[Si](C)(C)C. The summed E-state index contributed by atoms with van der Waals surface area (Å²) in [5.41, 5.74) is 2.61. The van der Waals surface area contributed by atoms with Gasteiger partial charge in [0, 0.05) is 36.6 Å². The van der Waals surface area contributed by atoms with Crippen LogP contribution < -0.4 is 0 Å². The van der Waals surface area contributed by atoms with E-state index in [4.69, 9.17) is 16.3 Å². The van der Waals surface area contributed by atoms with Gasteiger partial charge in [-0.1, -0.05) is 67.6 Å². The Morgan fingerprint density at radius 3 is 2.34 bits per heavy atom. The molecule has 2 aromatic carbocycles. The zero-order chi connectivity index (χ0) is 23.3. The normalized spacial score (nSPS) is 13.7. The van der Waals surface area contributed by atoms with Crippen molar-refractivity contribution in [2.45, 2.75) is 37.5 Å². The van der Waals surface area contributed by atoms with E-state index in [2.05, 4.69) is 43.7 Å². The lowest BCUT2D eigenvalue weighted by atomic mass is 9.91. The maximum Gasteiger partial charge on any atom is 0.152 e. The summed E-state index contributed by atoms with van der Waals surface area (Å²) in [7, 11) is -1.66. The quantitative estimate of drug-likeness (QED) is 0.236. The standard InChI is InChI=1S/C26H29ClF2NOSi/c1-5-31-17-24(32(2,3)4)20(15-18-9-7-6-8-10-18)23-14-11-19(16-30-23)25-22(28)13-12-21(27)26(25)29/h6-14,16,20,24H,1,5,15,17H2,2-4H3. The largest absolute Gasteiger partial charge is 0.381 e. The van der Waals surface area contributed by atoms with Gasteiger partial charge in [-0.25, -0.2) is 8.78 Å². The lowest BCUT2D eigenvalue weighted by Crippen LogP contribution is -2.36. The van der Waals surface area contributed by atoms with Gasteiger partial charge in [-0.3, -0.25) is 4.98 Å². The van der Waals surface area contributed by atoms with E-state index in [0.717, 1.165) is 12.1 Å². The van der Waals surface area contributed by atoms with E-state index in [1.165, 1.54) is 23.9 Å². The van der Waals surface area contributed by atoms with Crippen LogP contribution in [0, 0.1) is 18.6 Å². The second kappa shape index (κ2) is 10.7. The van der Waals surface area contributed by atoms with Gasteiger partial charge in [0.1, 0.15) is 5.82 Å². The molecule has 0 aliphatic heterocycles. The molecule has 1 heterocycles. The summed E-state index contributed by atoms with van der Waals surface area (Å²) in [6.45, 7) is 11.8. The van der Waals surface area contributed by atoms with Crippen molar-refractivity contribution >= 4 is 19.7 Å². The first-order valence-electron chi connectivity index (χ1n) is 10.7. The molecule has 3 rings (SSSR count). The van der Waals surface area contributed by atoms with Gasteiger partial charge >= 0.3 is 0 Å². The van der Waals surface area contributed by atoms with Gasteiger partial charge in [0.25, 0.3) is 0 Å². The number of aromatic nitrogens is 1. The van der Waals surface area contributed by atoms with Gasteiger partial charge in [-0.2, -0.15) is 0 Å². The average Bonchev–Trinajstić information content (AvgIpc) is 2.76. The summed E-state index contributed by atoms with van der Waals surface area (Å²) in [6, 6.07) is 16.3. The minimum absolute atomic E-state index is 0.110. The Labute approximate surface area is 195 Å². The zero-order valence-corrected chi connectivity index (χ0v) is 20.5. The van der Waals surface area contributed by atoms with Crippen LogP contribution in [0.2, 0.25) is 30.2 Å². The van der Waals surface area contributed by atoms with E-state index in [0.29, 0.717) is 24.3 Å². The number of rotatable bonds is 9. The summed E-state index contributed by atoms with van der Waals surface area (Å²) < 4.78 is 34.6. The fraction of sp³-hybridized carbons (Fsp3) is 0.308. The molecule has 0 saturated carbocycles. The van der Waals surface area contributed by atoms with Crippen LogP contribution in [0.25, 0.3) is 11.1 Å². The van der Waals surface area contributed by atoms with Crippen LogP contribution in [0.4, 0.5) is 8.78 Å². The van der Waals surface area contributed by atoms with Crippen molar-refractivity contribution in [1.29, 1.82) is 0 Å². The Kier molecular flexibility index (Phi) is 8.20. The van der Waals surface area contributed by atoms with E-state index in [1.54, 1.807) is 6.07 Å². The summed E-state index contributed by atoms with van der Waals surface area (Å²) in [6.07, 6.45) is 2.34. The first-order chi connectivity index (χ1) is 15.2. The van der Waals surface area contributed by atoms with E-state index >= 15 is 0 Å². The zero-order valence-electron chi connectivity index (χ0n) is 18.7. The number of nitrogens with zero attached hydrogens (tertiary/aromatic N) is 1. The molecule has 32 heavy (non-hydrogen) atoms. The number of ether oxygens (including phenoxy) is 1. The summed E-state index contributed by atoms with van der Waals surface area (Å²) in [5.74, 6) is -1.32. The molecule has 0 N–H and O–H groups in total. The van der Waals surface area contributed by atoms with Gasteiger partial charge in [0.05, 0.1) is 18.7 Å². The molecule has 0 amide bonds. The van der Waals surface area contributed by atoms with Gasteiger partial charge < -0.3 is 4.74 Å². The Morgan fingerprint density at radius 2 is 1.75 bits per heavy atom. The van der Waals surface area contributed by atoms with Gasteiger partial charge in [-0.15, -0.1) is 0 Å². The number of halogens is 3. The van der Waals surface area contributed by atoms with Crippen molar-refractivity contribution in [3.8, 4) is 11.1 Å². The third kappa shape index (κ3) is 5.83. The molecule has 0 aliphatic rings. The van der Waals surface area contributed by atoms with Crippen LogP contribution in [0.3, 0.4) is 0 Å². The van der Waals surface area contributed by atoms with E-state index in [-0.39, 0.29) is 16.5 Å². The molecule has 169 valence electrons. The van der Waals surface area contributed by atoms with Gasteiger partial charge in [0.2, 0.25) is 0 Å². The molecule has 1 aromatic heterocycles. The number of hydrogen-bond donors (Lipinski definition) is 0. The molecule has 0 spiro atoms. The second-order valence-electron chi connectivity index (χ2n) is 9.03. The van der Waals surface area contributed by atoms with Crippen LogP contribution in [0.1, 0.15) is 17.2 Å². The highest BCUT2D eigenvalue weighted by Crippen LogP contribution is 2.40. The maximum atomic E-state index is 14.5. The van der Waals surface area contributed by atoms with Crippen molar-refractivity contribution < 1.29 is 13.5 Å². The van der Waals surface area contributed by atoms with Crippen LogP contribution in [-0.4, -0.2) is 26.3 Å². The first-order valence-corrected chi connectivity index (χ1v) is 14.7. The van der Waals surface area contributed by atoms with Crippen LogP contribution in [-0.2, 0) is 11.2 Å². The third-order valence-corrected chi connectivity index (χ3v) is 8.92. The van der Waals surface area contributed by atoms with E-state index < -0.39 is 19.7 Å². The van der Waals surface area contributed by atoms with Crippen LogP contribution >= 0.6 is 11.6 Å². The van der Waals surface area contributed by atoms with Gasteiger partial charge in [-0.05, 0) is 42.6 Å². The number of pyridine rings is 1. The molecule has 0 bridgehead atoms. The molecule has 6 heteroatoms. The first kappa shape index (κ1) is 24.6. The predicted octanol–water partition coefficient (Wildman–Crippen LogP) is 7.57. The minimum atomic E-state index is -1.66. The summed E-state index contributed by atoms with van der Waals surface area (Å²) >= 11 is 5.87. The maximum absolute atomic E-state index is 14.5. The number of benzene rings is 2. The van der Waals surface area contributed by atoms with Gasteiger partial charge in [0.15, 0.2) is 5.82 Å². The monoisotopic (exact) mass is 472 g/mol. The number of hydrogen-bond acceptors (Lipinski definition) is 2. The molecule has 0 aliphatic carbocycles. The fourth-order valence-corrected chi connectivity index (χ4v) is 6.34. The highest BCUT2D eigenvalue weighted by Gasteiger charge is 2.35. The predicted molar refractivity (Wildman–Crippen MR) is 131 cm³/mol. The van der Waals surface area contributed by atoms with E-state index in [1.807, 2.05) is 24.3 Å². The second-order valence-corrected chi connectivity index (χ2v) is 14.9. The molecule has 3 aromatic rings. The van der Waals surface area contributed by atoms with E-state index in [9.17, 15) is 8.78 Å². The van der Waals surface area contributed by atoms with Crippen LogP contribution in [0.5, 0.6) is 0 Å². The van der Waals surface area contributed by atoms with Crippen LogP contribution in [0.15, 0.2) is 60.8 Å². The Morgan fingerprint density at radius 1 is 1.03 bits per heavy atom. The molecule has 1 radical (unpaired) electrons. The van der Waals surface area contributed by atoms with Crippen molar-refractivity contribution in [2.24, 2.45) is 0 Å². The van der Waals surface area contributed by atoms with Crippen molar-refractivity contribution in [2.75, 3.05) is 13.2 Å². The average molecular weight is 473 g/mol. The smallest absolute Gasteiger partial charge is 0.152 e. The molecule has 2 unspecified atom stereocenters. The van der Waals surface area contributed by atoms with Crippen molar-refractivity contribution in [3.63, 3.8) is 0 Å². The third-order valence-electron chi connectivity index (χ3n) is 5.84. The highest BCUT2D eigenvalue weighted by atomic mass is 35.5. The van der Waals surface area contributed by atoms with Crippen molar-refractivity contribution in [3.05, 3.63) is 95.6 Å². The molecule has 2 atom stereocenters. The Hall–Kier alpha value is -2.08. The Bertz CT molecular complexity index is 1020. The minimum Gasteiger partial charge on any atom is -0.381 e. The molecule has 0 saturated heterocycles. The topological polar surface area (TPSA) is 22.1 Å².